The van der Waals surface area contributed by atoms with Gasteiger partial charge in [-0.2, -0.15) is 0 Å². The highest BCUT2D eigenvalue weighted by atomic mass is 35.5. The van der Waals surface area contributed by atoms with Crippen molar-refractivity contribution in [2.45, 2.75) is 6.61 Å². The molecule has 0 amide bonds. The normalized spacial score (nSPS) is 9.64. The quantitative estimate of drug-likeness (QED) is 0.681. The Balaban J connectivity index is 2.45. The summed E-state index contributed by atoms with van der Waals surface area (Å²) in [4.78, 5) is 10.1. The third-order valence-electron chi connectivity index (χ3n) is 0.957. The van der Waals surface area contributed by atoms with E-state index in [1.807, 2.05) is 0 Å². The summed E-state index contributed by atoms with van der Waals surface area (Å²) in [6.45, 7) is 0.00898. The summed E-state index contributed by atoms with van der Waals surface area (Å²) in [5, 5.41) is 0.255. The van der Waals surface area contributed by atoms with E-state index in [0.29, 0.717) is 5.76 Å². The van der Waals surface area contributed by atoms with E-state index >= 15 is 0 Å². The Morgan fingerprint density at radius 2 is 2.36 bits per heavy atom. The van der Waals surface area contributed by atoms with Gasteiger partial charge in [-0.1, -0.05) is 0 Å². The van der Waals surface area contributed by atoms with Gasteiger partial charge in [-0.3, -0.25) is 0 Å². The van der Waals surface area contributed by atoms with Crippen molar-refractivity contribution in [1.29, 1.82) is 0 Å². The van der Waals surface area contributed by atoms with Gasteiger partial charge >= 0.3 is 5.43 Å². The van der Waals surface area contributed by atoms with E-state index < -0.39 is 5.43 Å². The molecular formula is C6H4Cl2O3. The first kappa shape index (κ1) is 8.43. The fourth-order valence-corrected chi connectivity index (χ4v) is 0.774. The van der Waals surface area contributed by atoms with E-state index in [1.54, 1.807) is 12.1 Å². The van der Waals surface area contributed by atoms with Crippen molar-refractivity contribution in [2.24, 2.45) is 0 Å². The Kier molecular flexibility index (Phi) is 2.79. The largest absolute Gasteiger partial charge is 0.446 e. The molecule has 0 bridgehead atoms. The van der Waals surface area contributed by atoms with Crippen LogP contribution in [-0.4, -0.2) is 5.43 Å². The Labute approximate surface area is 72.8 Å². The van der Waals surface area contributed by atoms with Gasteiger partial charge in [0.05, 0.1) is 0 Å². The van der Waals surface area contributed by atoms with Gasteiger partial charge < -0.3 is 9.15 Å². The predicted molar refractivity (Wildman–Crippen MR) is 39.8 cm³/mol. The van der Waals surface area contributed by atoms with Crippen molar-refractivity contribution in [3.05, 3.63) is 23.1 Å². The molecule has 0 unspecified atom stereocenters. The van der Waals surface area contributed by atoms with Crippen molar-refractivity contribution in [1.82, 2.24) is 0 Å². The van der Waals surface area contributed by atoms with Crippen LogP contribution < -0.4 is 0 Å². The highest BCUT2D eigenvalue weighted by Gasteiger charge is 2.01. The molecule has 3 nitrogen and oxygen atoms in total. The third kappa shape index (κ3) is 2.82. The molecule has 0 aromatic carbocycles. The molecule has 0 N–H and O–H groups in total. The van der Waals surface area contributed by atoms with Gasteiger partial charge in [-0.25, -0.2) is 4.79 Å². The molecule has 0 saturated heterocycles. The van der Waals surface area contributed by atoms with Crippen LogP contribution in [0.5, 0.6) is 0 Å². The number of ether oxygens (including phenoxy) is 1. The van der Waals surface area contributed by atoms with Crippen molar-refractivity contribution in [3.8, 4) is 0 Å². The molecule has 1 aromatic heterocycles. The predicted octanol–water partition coefficient (Wildman–Crippen LogP) is 2.81. The maximum atomic E-state index is 10.1. The fourth-order valence-electron chi connectivity index (χ4n) is 0.557. The highest BCUT2D eigenvalue weighted by molar-refractivity contribution is 6.61. The molecule has 0 atom stereocenters. The molecule has 0 radical (unpaired) electrons. The lowest BCUT2D eigenvalue weighted by atomic mass is 10.5. The molecule has 0 aliphatic heterocycles. The molecule has 0 aliphatic carbocycles. The lowest BCUT2D eigenvalue weighted by molar-refractivity contribution is 0.157. The molecule has 1 aromatic rings. The third-order valence-corrected chi connectivity index (χ3v) is 1.27. The molecule has 0 aliphatic rings. The number of carbonyl (C=O) groups excluding carboxylic acids is 1. The number of hydrogen-bond acceptors (Lipinski definition) is 3. The van der Waals surface area contributed by atoms with Crippen molar-refractivity contribution in [3.63, 3.8) is 0 Å². The van der Waals surface area contributed by atoms with E-state index in [1.165, 1.54) is 0 Å². The second-order valence-corrected chi connectivity index (χ2v) is 2.41. The summed E-state index contributed by atoms with van der Waals surface area (Å²) in [6, 6.07) is 3.15. The molecular weight excluding hydrogens is 191 g/mol. The molecule has 5 heteroatoms. The zero-order valence-electron chi connectivity index (χ0n) is 5.34. The van der Waals surface area contributed by atoms with Crippen LogP contribution in [0.4, 0.5) is 4.79 Å². The summed E-state index contributed by atoms with van der Waals surface area (Å²) >= 11 is 10.3. The average molecular weight is 195 g/mol. The lowest BCUT2D eigenvalue weighted by Crippen LogP contribution is -1.92. The summed E-state index contributed by atoms with van der Waals surface area (Å²) < 4.78 is 9.28. The first-order valence-corrected chi connectivity index (χ1v) is 3.50. The number of rotatable bonds is 2. The van der Waals surface area contributed by atoms with Gasteiger partial charge in [-0.05, 0) is 23.7 Å². The lowest BCUT2D eigenvalue weighted by Gasteiger charge is -1.94. The van der Waals surface area contributed by atoms with Crippen molar-refractivity contribution in [2.75, 3.05) is 0 Å². The summed E-state index contributed by atoms with van der Waals surface area (Å²) in [7, 11) is 0. The second kappa shape index (κ2) is 3.64. The minimum atomic E-state index is -0.863. The second-order valence-electron chi connectivity index (χ2n) is 1.73. The van der Waals surface area contributed by atoms with Crippen LogP contribution in [0.3, 0.4) is 0 Å². The number of furan rings is 1. The molecule has 0 saturated carbocycles. The minimum absolute atomic E-state index is 0.00898. The van der Waals surface area contributed by atoms with Gasteiger partial charge in [0.15, 0.2) is 11.8 Å². The van der Waals surface area contributed by atoms with E-state index in [0.717, 1.165) is 0 Å². The Morgan fingerprint density at radius 3 is 2.82 bits per heavy atom. The van der Waals surface area contributed by atoms with Crippen LogP contribution >= 0.6 is 23.2 Å². The fraction of sp³-hybridized carbons (Fsp3) is 0.167. The first-order valence-electron chi connectivity index (χ1n) is 2.75. The van der Waals surface area contributed by atoms with Gasteiger partial charge in [0.2, 0.25) is 0 Å². The highest BCUT2D eigenvalue weighted by Crippen LogP contribution is 2.13. The Hall–Kier alpha value is -0.670. The molecule has 60 valence electrons. The number of hydrogen-bond donors (Lipinski definition) is 0. The zero-order chi connectivity index (χ0) is 8.27. The molecule has 0 spiro atoms. The summed E-state index contributed by atoms with van der Waals surface area (Å²) in [5.74, 6) is 0.462. The summed E-state index contributed by atoms with van der Waals surface area (Å²) in [5.41, 5.74) is -0.863. The van der Waals surface area contributed by atoms with Gasteiger partial charge in [0.1, 0.15) is 5.76 Å². The topological polar surface area (TPSA) is 39.4 Å². The van der Waals surface area contributed by atoms with Gasteiger partial charge in [-0.15, -0.1) is 0 Å². The smallest absolute Gasteiger partial charge is 0.404 e. The molecule has 1 rings (SSSR count). The molecule has 1 heterocycles. The van der Waals surface area contributed by atoms with Crippen LogP contribution in [0.1, 0.15) is 5.76 Å². The number of carbonyl (C=O) groups is 1. The standard InChI is InChI=1S/C6H4Cl2O3/c7-5-2-1-4(11-5)3-10-6(8)9/h1-2H,3H2. The minimum Gasteiger partial charge on any atom is -0.446 e. The SMILES string of the molecule is O=C(Cl)OCc1ccc(Cl)o1. The maximum absolute atomic E-state index is 10.1. The first-order chi connectivity index (χ1) is 5.18. The van der Waals surface area contributed by atoms with Gasteiger partial charge in [0.25, 0.3) is 0 Å². The van der Waals surface area contributed by atoms with Crippen molar-refractivity contribution >= 4 is 28.6 Å². The molecule has 11 heavy (non-hydrogen) atoms. The molecule has 0 fully saturated rings. The average Bonchev–Trinajstić information content (AvgIpc) is 2.31. The van der Waals surface area contributed by atoms with Crippen LogP contribution in [0.2, 0.25) is 5.22 Å². The van der Waals surface area contributed by atoms with Crippen molar-refractivity contribution < 1.29 is 13.9 Å². The Morgan fingerprint density at radius 1 is 1.64 bits per heavy atom. The Bertz CT molecular complexity index is 256. The van der Waals surface area contributed by atoms with Gasteiger partial charge in [0, 0.05) is 11.6 Å². The van der Waals surface area contributed by atoms with Crippen LogP contribution in [0, 0.1) is 0 Å². The van der Waals surface area contributed by atoms with E-state index in [2.05, 4.69) is 4.74 Å². The van der Waals surface area contributed by atoms with Crippen LogP contribution in [0.25, 0.3) is 0 Å². The summed E-state index contributed by atoms with van der Waals surface area (Å²) in [6.07, 6.45) is 0. The number of halogens is 2. The maximum Gasteiger partial charge on any atom is 0.404 e. The van der Waals surface area contributed by atoms with Crippen LogP contribution in [-0.2, 0) is 11.3 Å². The van der Waals surface area contributed by atoms with E-state index in [-0.39, 0.29) is 11.8 Å². The monoisotopic (exact) mass is 194 g/mol. The van der Waals surface area contributed by atoms with E-state index in [9.17, 15) is 4.79 Å². The van der Waals surface area contributed by atoms with E-state index in [4.69, 9.17) is 27.6 Å². The zero-order valence-corrected chi connectivity index (χ0v) is 6.85. The van der Waals surface area contributed by atoms with Crippen LogP contribution in [0.15, 0.2) is 16.5 Å².